The number of aryl methyl sites for hydroxylation is 1. The van der Waals surface area contributed by atoms with Crippen molar-refractivity contribution in [3.05, 3.63) is 28.2 Å². The van der Waals surface area contributed by atoms with Crippen molar-refractivity contribution < 1.29 is 13.2 Å². The topological polar surface area (TPSA) is 101 Å². The Morgan fingerprint density at radius 1 is 1.28 bits per heavy atom. The molecular weight excluding hydrogens is 344 g/mol. The molecule has 0 spiro atoms. The van der Waals surface area contributed by atoms with Crippen LogP contribution in [0, 0.1) is 0 Å². The standard InChI is InChI=1S/C16H24N4O4S/c1-2-7-20-15(21)6-5-12(18-20)16(22)17-13-10-25(23,24)11-14(13)19-8-3-4-9-19/h5-6,13-14H,2-4,7-11H2,1H3,(H,17,22). The molecule has 3 heterocycles. The first kappa shape index (κ1) is 18.1. The molecule has 0 bridgehead atoms. The van der Waals surface area contributed by atoms with Gasteiger partial charge in [0.1, 0.15) is 5.69 Å². The summed E-state index contributed by atoms with van der Waals surface area (Å²) in [4.78, 5) is 26.4. The van der Waals surface area contributed by atoms with E-state index >= 15 is 0 Å². The van der Waals surface area contributed by atoms with Gasteiger partial charge in [-0.25, -0.2) is 13.1 Å². The summed E-state index contributed by atoms with van der Waals surface area (Å²) in [5, 5.41) is 6.92. The third-order valence-electron chi connectivity index (χ3n) is 4.78. The molecule has 0 aliphatic carbocycles. The molecule has 25 heavy (non-hydrogen) atoms. The average molecular weight is 368 g/mol. The first-order valence-electron chi connectivity index (χ1n) is 8.73. The normalized spacial score (nSPS) is 26.0. The van der Waals surface area contributed by atoms with Crippen LogP contribution in [0.4, 0.5) is 0 Å². The van der Waals surface area contributed by atoms with E-state index in [1.54, 1.807) is 0 Å². The molecule has 2 saturated heterocycles. The lowest BCUT2D eigenvalue weighted by Crippen LogP contribution is -2.50. The van der Waals surface area contributed by atoms with Gasteiger partial charge in [0.15, 0.2) is 9.84 Å². The Morgan fingerprint density at radius 2 is 2.00 bits per heavy atom. The molecule has 1 aromatic rings. The van der Waals surface area contributed by atoms with Gasteiger partial charge < -0.3 is 5.32 Å². The van der Waals surface area contributed by atoms with Crippen molar-refractivity contribution in [3.8, 4) is 0 Å². The second-order valence-electron chi connectivity index (χ2n) is 6.75. The summed E-state index contributed by atoms with van der Waals surface area (Å²) in [6.45, 7) is 4.09. The number of likely N-dealkylation sites (tertiary alicyclic amines) is 1. The van der Waals surface area contributed by atoms with Gasteiger partial charge in [-0.1, -0.05) is 6.92 Å². The van der Waals surface area contributed by atoms with Crippen molar-refractivity contribution in [1.82, 2.24) is 20.0 Å². The fourth-order valence-corrected chi connectivity index (χ4v) is 5.54. The minimum atomic E-state index is -3.17. The van der Waals surface area contributed by atoms with Crippen LogP contribution in [0.25, 0.3) is 0 Å². The highest BCUT2D eigenvalue weighted by Crippen LogP contribution is 2.22. The SMILES string of the molecule is CCCn1nc(C(=O)NC2CS(=O)(=O)CC2N2CCCC2)ccc1=O. The number of hydrogen-bond acceptors (Lipinski definition) is 6. The number of hydrogen-bond donors (Lipinski definition) is 1. The van der Waals surface area contributed by atoms with E-state index in [1.807, 2.05) is 6.92 Å². The van der Waals surface area contributed by atoms with Crippen molar-refractivity contribution in [1.29, 1.82) is 0 Å². The molecule has 3 rings (SSSR count). The lowest BCUT2D eigenvalue weighted by molar-refractivity contribution is 0.0911. The molecule has 8 nitrogen and oxygen atoms in total. The van der Waals surface area contributed by atoms with Gasteiger partial charge in [-0.2, -0.15) is 5.10 Å². The van der Waals surface area contributed by atoms with Crippen LogP contribution >= 0.6 is 0 Å². The number of sulfone groups is 1. The van der Waals surface area contributed by atoms with Crippen molar-refractivity contribution >= 4 is 15.7 Å². The third kappa shape index (κ3) is 4.09. The molecule has 2 aliphatic heterocycles. The Bertz CT molecular complexity index is 799. The minimum absolute atomic E-state index is 0.0471. The molecule has 9 heteroatoms. The highest BCUT2D eigenvalue weighted by atomic mass is 32.2. The van der Waals surface area contributed by atoms with E-state index in [2.05, 4.69) is 15.3 Å². The lowest BCUT2D eigenvalue weighted by Gasteiger charge is -2.28. The Labute approximate surface area is 147 Å². The summed E-state index contributed by atoms with van der Waals surface area (Å²) in [6.07, 6.45) is 2.84. The molecular formula is C16H24N4O4S. The molecule has 2 unspecified atom stereocenters. The molecule has 1 amide bonds. The second-order valence-corrected chi connectivity index (χ2v) is 8.90. The zero-order valence-corrected chi connectivity index (χ0v) is 15.2. The van der Waals surface area contributed by atoms with Crippen molar-refractivity contribution in [3.63, 3.8) is 0 Å². The zero-order valence-electron chi connectivity index (χ0n) is 14.3. The molecule has 1 N–H and O–H groups in total. The van der Waals surface area contributed by atoms with Crippen LogP contribution in [0.15, 0.2) is 16.9 Å². The number of carbonyl (C=O) groups is 1. The maximum absolute atomic E-state index is 12.5. The first-order valence-corrected chi connectivity index (χ1v) is 10.6. The van der Waals surface area contributed by atoms with Gasteiger partial charge in [-0.15, -0.1) is 0 Å². The van der Waals surface area contributed by atoms with Crippen LogP contribution in [0.3, 0.4) is 0 Å². The third-order valence-corrected chi connectivity index (χ3v) is 6.50. The van der Waals surface area contributed by atoms with Gasteiger partial charge in [0.05, 0.1) is 17.5 Å². The van der Waals surface area contributed by atoms with E-state index in [0.717, 1.165) is 32.4 Å². The van der Waals surface area contributed by atoms with Crippen LogP contribution in [0.2, 0.25) is 0 Å². The van der Waals surface area contributed by atoms with Crippen molar-refractivity contribution in [2.45, 2.75) is 44.8 Å². The van der Waals surface area contributed by atoms with Gasteiger partial charge >= 0.3 is 0 Å². The van der Waals surface area contributed by atoms with E-state index in [1.165, 1.54) is 16.8 Å². The summed E-state index contributed by atoms with van der Waals surface area (Å²) in [5.74, 6) is -0.397. The van der Waals surface area contributed by atoms with Crippen LogP contribution in [0.5, 0.6) is 0 Å². The monoisotopic (exact) mass is 368 g/mol. The molecule has 2 fully saturated rings. The Kier molecular flexibility index (Phi) is 5.24. The molecule has 2 aliphatic rings. The molecule has 138 valence electrons. The fraction of sp³-hybridized carbons (Fsp3) is 0.688. The summed E-state index contributed by atoms with van der Waals surface area (Å²) < 4.78 is 25.4. The predicted octanol–water partition coefficient (Wildman–Crippen LogP) is -0.355. The van der Waals surface area contributed by atoms with Crippen molar-refractivity contribution in [2.24, 2.45) is 0 Å². The van der Waals surface area contributed by atoms with Gasteiger partial charge in [0.2, 0.25) is 0 Å². The van der Waals surface area contributed by atoms with Gasteiger partial charge in [-0.05, 0) is 38.4 Å². The van der Waals surface area contributed by atoms with E-state index in [0.29, 0.717) is 6.54 Å². The largest absolute Gasteiger partial charge is 0.345 e. The summed E-state index contributed by atoms with van der Waals surface area (Å²) >= 11 is 0. The van der Waals surface area contributed by atoms with Gasteiger partial charge in [-0.3, -0.25) is 14.5 Å². The number of nitrogens with zero attached hydrogens (tertiary/aromatic N) is 3. The molecule has 2 atom stereocenters. The zero-order chi connectivity index (χ0) is 18.0. The van der Waals surface area contributed by atoms with Crippen molar-refractivity contribution in [2.75, 3.05) is 24.6 Å². The summed E-state index contributed by atoms with van der Waals surface area (Å²) in [7, 11) is -3.17. The number of nitrogens with one attached hydrogen (secondary N) is 1. The number of carbonyl (C=O) groups excluding carboxylic acids is 1. The molecule has 0 saturated carbocycles. The minimum Gasteiger partial charge on any atom is -0.345 e. The number of rotatable bonds is 5. The fourth-order valence-electron chi connectivity index (χ4n) is 3.58. The van der Waals surface area contributed by atoms with Gasteiger partial charge in [0.25, 0.3) is 11.5 Å². The van der Waals surface area contributed by atoms with Crippen LogP contribution in [-0.4, -0.2) is 65.7 Å². The maximum Gasteiger partial charge on any atom is 0.272 e. The highest BCUT2D eigenvalue weighted by molar-refractivity contribution is 7.91. The highest BCUT2D eigenvalue weighted by Gasteiger charge is 2.42. The van der Waals surface area contributed by atoms with E-state index < -0.39 is 21.8 Å². The molecule has 0 radical (unpaired) electrons. The maximum atomic E-state index is 12.5. The number of amides is 1. The smallest absolute Gasteiger partial charge is 0.272 e. The average Bonchev–Trinajstić information content (AvgIpc) is 3.17. The summed E-state index contributed by atoms with van der Waals surface area (Å²) in [5.41, 5.74) is -0.116. The second kappa shape index (κ2) is 7.25. The van der Waals surface area contributed by atoms with Crippen LogP contribution < -0.4 is 10.9 Å². The van der Waals surface area contributed by atoms with E-state index in [-0.39, 0.29) is 28.8 Å². The van der Waals surface area contributed by atoms with E-state index in [4.69, 9.17) is 0 Å². The van der Waals surface area contributed by atoms with Crippen LogP contribution in [0.1, 0.15) is 36.7 Å². The lowest BCUT2D eigenvalue weighted by atomic mass is 10.1. The Hall–Kier alpha value is -1.74. The van der Waals surface area contributed by atoms with Crippen LogP contribution in [-0.2, 0) is 16.4 Å². The Balaban J connectivity index is 1.76. The number of aromatic nitrogens is 2. The van der Waals surface area contributed by atoms with E-state index in [9.17, 15) is 18.0 Å². The first-order chi connectivity index (χ1) is 11.9. The molecule has 0 aromatic carbocycles. The quantitative estimate of drug-likeness (QED) is 0.762. The predicted molar refractivity (Wildman–Crippen MR) is 93.3 cm³/mol. The molecule has 1 aromatic heterocycles. The van der Waals surface area contributed by atoms with Gasteiger partial charge in [0, 0.05) is 18.7 Å². The Morgan fingerprint density at radius 3 is 2.68 bits per heavy atom. The summed E-state index contributed by atoms with van der Waals surface area (Å²) in [6, 6.07) is 2.08.